The van der Waals surface area contributed by atoms with Gasteiger partial charge >= 0.3 is 0 Å². The third-order valence-corrected chi connectivity index (χ3v) is 6.82. The molecule has 0 spiro atoms. The Bertz CT molecular complexity index is 707. The summed E-state index contributed by atoms with van der Waals surface area (Å²) in [5, 5.41) is 2.83. The summed E-state index contributed by atoms with van der Waals surface area (Å²) >= 11 is 6.09. The number of halogens is 2. The highest BCUT2D eigenvalue weighted by atomic mass is 35.5. The van der Waals surface area contributed by atoms with Crippen LogP contribution >= 0.6 is 24.0 Å². The Hall–Kier alpha value is -0.860. The summed E-state index contributed by atoms with van der Waals surface area (Å²) in [5.74, 6) is -0.304. The normalized spacial score (nSPS) is 17.6. The molecule has 1 saturated heterocycles. The van der Waals surface area contributed by atoms with Gasteiger partial charge in [-0.25, -0.2) is 8.42 Å². The Morgan fingerprint density at radius 1 is 1.36 bits per heavy atom. The second-order valence-electron chi connectivity index (χ2n) is 6.16. The zero-order valence-corrected chi connectivity index (χ0v) is 16.8. The molecule has 2 rings (SSSR count). The first-order valence-electron chi connectivity index (χ1n) is 8.13. The highest BCUT2D eigenvalue weighted by Gasteiger charge is 2.29. The van der Waals surface area contributed by atoms with Gasteiger partial charge in [0.1, 0.15) is 4.90 Å². The first-order chi connectivity index (χ1) is 11.3. The van der Waals surface area contributed by atoms with Crippen LogP contribution in [-0.2, 0) is 14.8 Å². The van der Waals surface area contributed by atoms with Crippen molar-refractivity contribution in [3.8, 4) is 0 Å². The molecule has 1 aliphatic rings. The number of nitrogens with two attached hydrogens (primary N) is 1. The van der Waals surface area contributed by atoms with E-state index < -0.39 is 16.1 Å². The van der Waals surface area contributed by atoms with Gasteiger partial charge in [-0.15, -0.1) is 12.4 Å². The van der Waals surface area contributed by atoms with E-state index >= 15 is 0 Å². The molecule has 1 aromatic carbocycles. The summed E-state index contributed by atoms with van der Waals surface area (Å²) in [4.78, 5) is 12.2. The van der Waals surface area contributed by atoms with E-state index in [1.807, 2.05) is 13.8 Å². The van der Waals surface area contributed by atoms with Crippen molar-refractivity contribution in [3.05, 3.63) is 23.2 Å². The molecule has 1 fully saturated rings. The molecule has 1 heterocycles. The van der Waals surface area contributed by atoms with Crippen molar-refractivity contribution in [2.24, 2.45) is 11.7 Å². The fourth-order valence-electron chi connectivity index (χ4n) is 2.58. The Morgan fingerprint density at radius 2 is 1.96 bits per heavy atom. The van der Waals surface area contributed by atoms with Crippen LogP contribution in [0.5, 0.6) is 0 Å². The number of hydrogen-bond donors (Lipinski definition) is 2. The smallest absolute Gasteiger partial charge is 0.244 e. The lowest BCUT2D eigenvalue weighted by atomic mass is 9.99. The van der Waals surface area contributed by atoms with Crippen LogP contribution in [0, 0.1) is 5.92 Å². The fraction of sp³-hybridized carbons (Fsp3) is 0.562. The van der Waals surface area contributed by atoms with Crippen LogP contribution in [0.15, 0.2) is 23.1 Å². The van der Waals surface area contributed by atoms with E-state index in [1.165, 1.54) is 16.4 Å². The van der Waals surface area contributed by atoms with E-state index in [1.54, 1.807) is 6.07 Å². The molecule has 0 radical (unpaired) electrons. The molecular formula is C16H25Cl2N3O3S. The van der Waals surface area contributed by atoms with E-state index in [-0.39, 0.29) is 34.2 Å². The Kier molecular flexibility index (Phi) is 8.15. The molecule has 1 aliphatic heterocycles. The van der Waals surface area contributed by atoms with Crippen molar-refractivity contribution >= 4 is 45.6 Å². The van der Waals surface area contributed by atoms with Gasteiger partial charge in [-0.05, 0) is 37.0 Å². The number of carbonyl (C=O) groups excluding carboxylic acids is 1. The van der Waals surface area contributed by atoms with Crippen molar-refractivity contribution in [1.29, 1.82) is 0 Å². The molecule has 2 unspecified atom stereocenters. The highest BCUT2D eigenvalue weighted by molar-refractivity contribution is 7.89. The molecule has 9 heteroatoms. The average Bonchev–Trinajstić information content (AvgIpc) is 3.10. The summed E-state index contributed by atoms with van der Waals surface area (Å²) in [6, 6.07) is 3.81. The number of carbonyl (C=O) groups is 1. The van der Waals surface area contributed by atoms with E-state index in [4.69, 9.17) is 17.3 Å². The third kappa shape index (κ3) is 5.08. The lowest BCUT2D eigenvalue weighted by molar-refractivity contribution is -0.118. The first-order valence-corrected chi connectivity index (χ1v) is 9.95. The maximum absolute atomic E-state index is 12.7. The molecular weight excluding hydrogens is 385 g/mol. The number of sulfonamides is 1. The summed E-state index contributed by atoms with van der Waals surface area (Å²) in [6.45, 7) is 4.85. The maximum Gasteiger partial charge on any atom is 0.244 e. The molecule has 1 amide bonds. The number of benzene rings is 1. The zero-order valence-electron chi connectivity index (χ0n) is 14.4. The van der Waals surface area contributed by atoms with Gasteiger partial charge < -0.3 is 11.1 Å². The van der Waals surface area contributed by atoms with Gasteiger partial charge in [0.2, 0.25) is 15.9 Å². The highest BCUT2D eigenvalue weighted by Crippen LogP contribution is 2.29. The average molecular weight is 410 g/mol. The molecule has 0 saturated carbocycles. The van der Waals surface area contributed by atoms with Crippen molar-refractivity contribution in [2.45, 2.75) is 44.0 Å². The van der Waals surface area contributed by atoms with Crippen LogP contribution in [0.3, 0.4) is 0 Å². The topological polar surface area (TPSA) is 92.5 Å². The molecule has 0 aromatic heterocycles. The number of rotatable bonds is 6. The van der Waals surface area contributed by atoms with Gasteiger partial charge in [0, 0.05) is 18.8 Å². The molecule has 142 valence electrons. The number of amides is 1. The second kappa shape index (κ2) is 9.19. The van der Waals surface area contributed by atoms with Crippen LogP contribution in [0.25, 0.3) is 0 Å². The van der Waals surface area contributed by atoms with Gasteiger partial charge in [-0.3, -0.25) is 4.79 Å². The Labute approximate surface area is 160 Å². The predicted octanol–water partition coefficient (Wildman–Crippen LogP) is 2.86. The lowest BCUT2D eigenvalue weighted by Crippen LogP contribution is -2.40. The molecule has 1 aromatic rings. The van der Waals surface area contributed by atoms with Gasteiger partial charge in [0.05, 0.1) is 11.1 Å². The van der Waals surface area contributed by atoms with Gasteiger partial charge in [-0.1, -0.05) is 31.9 Å². The molecule has 25 heavy (non-hydrogen) atoms. The minimum Gasteiger partial charge on any atom is -0.325 e. The van der Waals surface area contributed by atoms with Crippen LogP contribution in [0.2, 0.25) is 5.02 Å². The number of nitrogens with one attached hydrogen (secondary N) is 1. The summed E-state index contributed by atoms with van der Waals surface area (Å²) in [6.07, 6.45) is 2.47. The minimum atomic E-state index is -3.65. The maximum atomic E-state index is 12.7. The summed E-state index contributed by atoms with van der Waals surface area (Å²) < 4.78 is 26.8. The van der Waals surface area contributed by atoms with E-state index in [0.717, 1.165) is 19.3 Å². The lowest BCUT2D eigenvalue weighted by Gasteiger charge is -2.19. The molecule has 0 bridgehead atoms. The van der Waals surface area contributed by atoms with Gasteiger partial charge in [0.25, 0.3) is 0 Å². The Balaban J connectivity index is 0.00000312. The minimum absolute atomic E-state index is 0. The van der Waals surface area contributed by atoms with Crippen LogP contribution in [-0.4, -0.2) is 37.8 Å². The van der Waals surface area contributed by atoms with Crippen molar-refractivity contribution in [3.63, 3.8) is 0 Å². The molecule has 6 nitrogen and oxygen atoms in total. The summed E-state index contributed by atoms with van der Waals surface area (Å²) in [7, 11) is -3.65. The number of hydrogen-bond acceptors (Lipinski definition) is 4. The van der Waals surface area contributed by atoms with Gasteiger partial charge in [0.15, 0.2) is 0 Å². The quantitative estimate of drug-likeness (QED) is 0.754. The van der Waals surface area contributed by atoms with Gasteiger partial charge in [-0.2, -0.15) is 4.31 Å². The third-order valence-electron chi connectivity index (χ3n) is 4.44. The molecule has 0 aliphatic carbocycles. The fourth-order valence-corrected chi connectivity index (χ4v) is 4.60. The van der Waals surface area contributed by atoms with Crippen LogP contribution < -0.4 is 11.1 Å². The molecule has 2 atom stereocenters. The monoisotopic (exact) mass is 409 g/mol. The van der Waals surface area contributed by atoms with E-state index in [9.17, 15) is 13.2 Å². The molecule has 3 N–H and O–H groups in total. The summed E-state index contributed by atoms with van der Waals surface area (Å²) in [5.41, 5.74) is 6.28. The number of nitrogens with zero attached hydrogens (tertiary/aromatic N) is 1. The SMILES string of the molecule is CCC(C)C(N)C(=O)Nc1ccc(Cl)c(S(=O)(=O)N2CCCC2)c1.Cl. The number of anilines is 1. The predicted molar refractivity (Wildman–Crippen MR) is 103 cm³/mol. The second-order valence-corrected chi connectivity index (χ2v) is 8.47. The van der Waals surface area contributed by atoms with Crippen molar-refractivity contribution < 1.29 is 13.2 Å². The van der Waals surface area contributed by atoms with Crippen molar-refractivity contribution in [1.82, 2.24) is 4.31 Å². The van der Waals surface area contributed by atoms with E-state index in [2.05, 4.69) is 5.32 Å². The Morgan fingerprint density at radius 3 is 2.52 bits per heavy atom. The first kappa shape index (κ1) is 22.2. The van der Waals surface area contributed by atoms with Crippen LogP contribution in [0.4, 0.5) is 5.69 Å². The van der Waals surface area contributed by atoms with E-state index in [0.29, 0.717) is 18.8 Å². The van der Waals surface area contributed by atoms with Crippen molar-refractivity contribution in [2.75, 3.05) is 18.4 Å². The largest absolute Gasteiger partial charge is 0.325 e. The standard InChI is InChI=1S/C16H24ClN3O3S.ClH/c1-3-11(2)15(18)16(21)19-12-6-7-13(17)14(10-12)24(22,23)20-8-4-5-9-20;/h6-7,10-11,15H,3-5,8-9,18H2,1-2H3,(H,19,21);1H. The van der Waals surface area contributed by atoms with Crippen LogP contribution in [0.1, 0.15) is 33.1 Å². The zero-order chi connectivity index (χ0) is 17.9.